The second-order valence-electron chi connectivity index (χ2n) is 10.6. The number of amides is 2. The van der Waals surface area contributed by atoms with Crippen molar-refractivity contribution in [1.82, 2.24) is 4.90 Å². The number of nitrogens with zero attached hydrogens (tertiary/aromatic N) is 1. The Morgan fingerprint density at radius 2 is 1.61 bits per heavy atom. The number of imide groups is 1. The lowest BCUT2D eigenvalue weighted by atomic mass is 9.85. The molecule has 0 saturated carbocycles. The van der Waals surface area contributed by atoms with E-state index < -0.39 is 47.1 Å². The summed E-state index contributed by atoms with van der Waals surface area (Å²) >= 11 is 0. The zero-order valence-corrected chi connectivity index (χ0v) is 21.5. The minimum atomic E-state index is -1.79. The molecule has 2 aromatic rings. The first kappa shape index (κ1) is 26.3. The van der Waals surface area contributed by atoms with Crippen molar-refractivity contribution in [2.24, 2.45) is 5.92 Å². The Balaban J connectivity index is 1.69. The van der Waals surface area contributed by atoms with Gasteiger partial charge in [0.15, 0.2) is 11.4 Å². The van der Waals surface area contributed by atoms with Gasteiger partial charge in [0.05, 0.1) is 25.9 Å². The maximum Gasteiger partial charge on any atom is 0.417 e. The second-order valence-corrected chi connectivity index (χ2v) is 10.6. The highest BCUT2D eigenvalue weighted by atomic mass is 16.7. The van der Waals surface area contributed by atoms with Gasteiger partial charge in [-0.3, -0.25) is 4.79 Å². The van der Waals surface area contributed by atoms with E-state index in [9.17, 15) is 14.7 Å². The Morgan fingerprint density at radius 1 is 1.06 bits per heavy atom. The zero-order chi connectivity index (χ0) is 26.1. The zero-order valence-electron chi connectivity index (χ0n) is 21.5. The van der Waals surface area contributed by atoms with Gasteiger partial charge in [-0.2, -0.15) is 0 Å². The lowest BCUT2D eigenvalue weighted by Crippen LogP contribution is -2.61. The summed E-state index contributed by atoms with van der Waals surface area (Å²) in [6, 6.07) is 17.9. The Morgan fingerprint density at radius 3 is 2.19 bits per heavy atom. The Labute approximate surface area is 212 Å². The van der Waals surface area contributed by atoms with Gasteiger partial charge >= 0.3 is 6.09 Å². The number of hydrogen-bond donors (Lipinski definition) is 1. The molecule has 2 amide bonds. The van der Waals surface area contributed by atoms with Gasteiger partial charge in [-0.05, 0) is 45.7 Å². The number of carbonyl (C=O) groups is 2. The standard InChI is InChI=1S/C28H35NO7/c1-26(2)22(20-14-10-7-11-15-20)29(25(32)36-26)24(31)28(5,35-16-19-12-8-6-9-13-19)23(30)21-17-33-27(3,4)34-18-21/h6-15,21-23,30H,16-18H2,1-5H3/t22-,23-,28-/m0/s1. The van der Waals surface area contributed by atoms with Crippen LogP contribution in [-0.2, 0) is 30.3 Å². The number of ether oxygens (including phenoxy) is 4. The van der Waals surface area contributed by atoms with E-state index in [1.165, 1.54) is 6.92 Å². The summed E-state index contributed by atoms with van der Waals surface area (Å²) in [5, 5.41) is 11.6. The first-order valence-corrected chi connectivity index (χ1v) is 12.2. The molecule has 2 fully saturated rings. The molecule has 3 atom stereocenters. The van der Waals surface area contributed by atoms with Crippen LogP contribution in [0.4, 0.5) is 4.79 Å². The van der Waals surface area contributed by atoms with Gasteiger partial charge in [0.2, 0.25) is 0 Å². The van der Waals surface area contributed by atoms with Crippen LogP contribution in [0.2, 0.25) is 0 Å². The molecule has 2 aliphatic heterocycles. The van der Waals surface area contributed by atoms with E-state index in [2.05, 4.69) is 0 Å². The highest BCUT2D eigenvalue weighted by Gasteiger charge is 2.58. The van der Waals surface area contributed by atoms with E-state index in [0.717, 1.165) is 16.0 Å². The molecule has 194 valence electrons. The van der Waals surface area contributed by atoms with Crippen LogP contribution in [0, 0.1) is 5.92 Å². The molecule has 0 aliphatic carbocycles. The third kappa shape index (κ3) is 5.18. The van der Waals surface area contributed by atoms with Crippen molar-refractivity contribution in [2.75, 3.05) is 13.2 Å². The summed E-state index contributed by atoms with van der Waals surface area (Å²) in [7, 11) is 0. The van der Waals surface area contributed by atoms with E-state index in [1.807, 2.05) is 60.7 Å². The van der Waals surface area contributed by atoms with Gasteiger partial charge in [-0.15, -0.1) is 0 Å². The van der Waals surface area contributed by atoms with Crippen LogP contribution in [0.1, 0.15) is 51.8 Å². The maximum atomic E-state index is 14.2. The number of hydrogen-bond acceptors (Lipinski definition) is 7. The minimum absolute atomic E-state index is 0.0579. The molecular weight excluding hydrogens is 462 g/mol. The van der Waals surface area contributed by atoms with Gasteiger partial charge in [0, 0.05) is 5.92 Å². The van der Waals surface area contributed by atoms with Crippen molar-refractivity contribution in [2.45, 2.75) is 70.4 Å². The van der Waals surface area contributed by atoms with Gasteiger partial charge < -0.3 is 24.1 Å². The monoisotopic (exact) mass is 497 g/mol. The summed E-state index contributed by atoms with van der Waals surface area (Å²) in [4.78, 5) is 28.4. The molecule has 1 N–H and O–H groups in total. The first-order valence-electron chi connectivity index (χ1n) is 12.2. The van der Waals surface area contributed by atoms with Crippen LogP contribution in [0.25, 0.3) is 0 Å². The molecule has 2 saturated heterocycles. The highest BCUT2D eigenvalue weighted by Crippen LogP contribution is 2.43. The summed E-state index contributed by atoms with van der Waals surface area (Å²) in [6.07, 6.45) is -2.10. The lowest BCUT2D eigenvalue weighted by molar-refractivity contribution is -0.281. The number of carbonyl (C=O) groups excluding carboxylic acids is 2. The Kier molecular flexibility index (Phi) is 7.26. The molecule has 0 spiro atoms. The predicted molar refractivity (Wildman–Crippen MR) is 132 cm³/mol. The Hall–Kier alpha value is -2.78. The van der Waals surface area contributed by atoms with Crippen LogP contribution in [0.3, 0.4) is 0 Å². The molecule has 2 aliphatic rings. The largest absolute Gasteiger partial charge is 0.440 e. The second kappa shape index (κ2) is 9.94. The molecule has 0 radical (unpaired) electrons. The average Bonchev–Trinajstić information content (AvgIpc) is 3.10. The lowest BCUT2D eigenvalue weighted by Gasteiger charge is -2.43. The fourth-order valence-corrected chi connectivity index (χ4v) is 4.79. The number of aliphatic hydroxyl groups is 1. The minimum Gasteiger partial charge on any atom is -0.440 e. The molecule has 0 aromatic heterocycles. The summed E-state index contributed by atoms with van der Waals surface area (Å²) in [5.74, 6) is -2.02. The molecule has 36 heavy (non-hydrogen) atoms. The molecule has 8 heteroatoms. The number of cyclic esters (lactones) is 1. The Bertz CT molecular complexity index is 1060. The maximum absolute atomic E-state index is 14.2. The van der Waals surface area contributed by atoms with E-state index in [1.54, 1.807) is 27.7 Å². The van der Waals surface area contributed by atoms with Gasteiger partial charge in [0.1, 0.15) is 11.6 Å². The molecule has 0 unspecified atom stereocenters. The van der Waals surface area contributed by atoms with E-state index in [4.69, 9.17) is 18.9 Å². The predicted octanol–water partition coefficient (Wildman–Crippen LogP) is 4.22. The summed E-state index contributed by atoms with van der Waals surface area (Å²) in [6.45, 7) is 9.02. The summed E-state index contributed by atoms with van der Waals surface area (Å²) in [5.41, 5.74) is -1.21. The molecule has 8 nitrogen and oxygen atoms in total. The van der Waals surface area contributed by atoms with E-state index in [0.29, 0.717) is 0 Å². The van der Waals surface area contributed by atoms with Crippen molar-refractivity contribution in [1.29, 1.82) is 0 Å². The van der Waals surface area contributed by atoms with Gasteiger partial charge in [0.25, 0.3) is 5.91 Å². The molecular formula is C28H35NO7. The van der Waals surface area contributed by atoms with E-state index >= 15 is 0 Å². The topological polar surface area (TPSA) is 94.5 Å². The SMILES string of the molecule is CC1(C)OCC([C@H](O)[C@](C)(OCc2ccccc2)C(=O)N2C(=O)OC(C)(C)[C@@H]2c2ccccc2)CO1. The van der Waals surface area contributed by atoms with Crippen molar-refractivity contribution in [3.05, 3.63) is 71.8 Å². The van der Waals surface area contributed by atoms with Crippen molar-refractivity contribution in [3.63, 3.8) is 0 Å². The van der Waals surface area contributed by atoms with Crippen molar-refractivity contribution >= 4 is 12.0 Å². The third-order valence-electron chi connectivity index (χ3n) is 6.90. The van der Waals surface area contributed by atoms with Crippen molar-refractivity contribution < 1.29 is 33.6 Å². The smallest absolute Gasteiger partial charge is 0.417 e. The van der Waals surface area contributed by atoms with E-state index in [-0.39, 0.29) is 19.8 Å². The summed E-state index contributed by atoms with van der Waals surface area (Å²) < 4.78 is 23.3. The molecule has 0 bridgehead atoms. The number of aliphatic hydroxyl groups excluding tert-OH is 1. The number of benzene rings is 2. The first-order chi connectivity index (χ1) is 16.9. The van der Waals surface area contributed by atoms with Gasteiger partial charge in [-0.25, -0.2) is 9.69 Å². The normalized spacial score (nSPS) is 24.1. The van der Waals surface area contributed by atoms with Crippen molar-refractivity contribution in [3.8, 4) is 0 Å². The fourth-order valence-electron chi connectivity index (χ4n) is 4.79. The quantitative estimate of drug-likeness (QED) is 0.612. The van der Waals surface area contributed by atoms with Gasteiger partial charge in [-0.1, -0.05) is 60.7 Å². The number of rotatable bonds is 7. The fraction of sp³-hybridized carbons (Fsp3) is 0.500. The van der Waals surface area contributed by atoms with Crippen LogP contribution >= 0.6 is 0 Å². The van der Waals surface area contributed by atoms with Crippen LogP contribution in [0.15, 0.2) is 60.7 Å². The van der Waals surface area contributed by atoms with Crippen LogP contribution in [-0.4, -0.2) is 58.3 Å². The molecule has 4 rings (SSSR count). The third-order valence-corrected chi connectivity index (χ3v) is 6.90. The average molecular weight is 498 g/mol. The van der Waals surface area contributed by atoms with Crippen LogP contribution < -0.4 is 0 Å². The van der Waals surface area contributed by atoms with Crippen LogP contribution in [0.5, 0.6) is 0 Å². The molecule has 2 heterocycles. The highest BCUT2D eigenvalue weighted by molar-refractivity contribution is 5.99. The molecule has 2 aromatic carbocycles.